The lowest BCUT2D eigenvalue weighted by atomic mass is 9.99. The zero-order valence-corrected chi connectivity index (χ0v) is 22.8. The van der Waals surface area contributed by atoms with Gasteiger partial charge in [-0.15, -0.1) is 0 Å². The molecule has 0 aliphatic carbocycles. The Morgan fingerprint density at radius 2 is 1.50 bits per heavy atom. The number of aromatic nitrogens is 1. The predicted octanol–water partition coefficient (Wildman–Crippen LogP) is 7.24. The van der Waals surface area contributed by atoms with Gasteiger partial charge in [-0.2, -0.15) is 0 Å². The lowest BCUT2D eigenvalue weighted by molar-refractivity contribution is 0.0599. The molecule has 4 aromatic carbocycles. The molecule has 1 aromatic heterocycles. The number of methoxy groups -OCH3 is 1. The maximum atomic E-state index is 12.1. The summed E-state index contributed by atoms with van der Waals surface area (Å²) >= 11 is 6.68. The number of ether oxygens (including phenoxy) is 1. The number of aryl methyl sites for hydroxylation is 1. The van der Waals surface area contributed by atoms with Crippen molar-refractivity contribution in [1.29, 1.82) is 0 Å². The minimum atomic E-state index is -3.23. The van der Waals surface area contributed by atoms with E-state index in [-0.39, 0.29) is 5.97 Å². The van der Waals surface area contributed by atoms with Gasteiger partial charge in [0.25, 0.3) is 0 Å². The van der Waals surface area contributed by atoms with Crippen LogP contribution in [0.4, 0.5) is 0 Å². The standard InChI is InChI=1S/C31H26ClNO4S/c1-19-4-5-20(15-27(19)31(34)37-2)14-25-16-24-17-28(29(32)18-30(24)33-25)23-8-6-21(7-9-23)22-10-12-26(13-11-22)38(3,35)36/h4-13,15-18,33H,14H2,1-3H3. The highest BCUT2D eigenvalue weighted by Crippen LogP contribution is 2.34. The van der Waals surface area contributed by atoms with Crippen LogP contribution in [0.25, 0.3) is 33.2 Å². The van der Waals surface area contributed by atoms with Gasteiger partial charge in [0.15, 0.2) is 9.84 Å². The van der Waals surface area contributed by atoms with Crippen molar-refractivity contribution < 1.29 is 17.9 Å². The fourth-order valence-electron chi connectivity index (χ4n) is 4.60. The average Bonchev–Trinajstić information content (AvgIpc) is 3.29. The molecule has 192 valence electrons. The molecule has 1 N–H and O–H groups in total. The summed E-state index contributed by atoms with van der Waals surface area (Å²) in [5.74, 6) is -0.339. The van der Waals surface area contributed by atoms with E-state index in [0.717, 1.165) is 50.0 Å². The molecule has 1 heterocycles. The van der Waals surface area contributed by atoms with E-state index in [0.29, 0.717) is 21.9 Å². The lowest BCUT2D eigenvalue weighted by Crippen LogP contribution is -2.04. The van der Waals surface area contributed by atoms with Crippen molar-refractivity contribution in [2.75, 3.05) is 13.4 Å². The summed E-state index contributed by atoms with van der Waals surface area (Å²) in [4.78, 5) is 15.8. The van der Waals surface area contributed by atoms with Gasteiger partial charge < -0.3 is 9.72 Å². The van der Waals surface area contributed by atoms with Crippen LogP contribution in [0, 0.1) is 6.92 Å². The van der Waals surface area contributed by atoms with E-state index in [9.17, 15) is 13.2 Å². The number of aromatic amines is 1. The molecule has 0 aliphatic heterocycles. The number of hydrogen-bond acceptors (Lipinski definition) is 4. The highest BCUT2D eigenvalue weighted by atomic mass is 35.5. The number of nitrogens with one attached hydrogen (secondary N) is 1. The molecule has 0 amide bonds. The highest BCUT2D eigenvalue weighted by molar-refractivity contribution is 7.90. The van der Waals surface area contributed by atoms with E-state index < -0.39 is 9.84 Å². The van der Waals surface area contributed by atoms with Crippen LogP contribution in [0.15, 0.2) is 89.8 Å². The number of fused-ring (bicyclic) bond motifs is 1. The monoisotopic (exact) mass is 543 g/mol. The summed E-state index contributed by atoms with van der Waals surface area (Å²) in [5, 5.41) is 1.68. The van der Waals surface area contributed by atoms with Crippen molar-refractivity contribution in [2.45, 2.75) is 18.2 Å². The second kappa shape index (κ2) is 10.1. The van der Waals surface area contributed by atoms with Gasteiger partial charge in [-0.3, -0.25) is 0 Å². The topological polar surface area (TPSA) is 76.2 Å². The third kappa shape index (κ3) is 5.23. The van der Waals surface area contributed by atoms with Gasteiger partial charge in [-0.1, -0.05) is 60.1 Å². The normalized spacial score (nSPS) is 11.6. The molecule has 0 fully saturated rings. The first-order valence-corrected chi connectivity index (χ1v) is 14.3. The number of esters is 1. The molecule has 0 spiro atoms. The van der Waals surface area contributed by atoms with E-state index in [4.69, 9.17) is 16.3 Å². The Labute approximate surface area is 227 Å². The molecule has 0 saturated carbocycles. The SMILES string of the molecule is COC(=O)c1cc(Cc2cc3cc(-c4ccc(-c5ccc(S(C)(=O)=O)cc5)cc4)c(Cl)cc3[nH]2)ccc1C. The van der Waals surface area contributed by atoms with Crippen molar-refractivity contribution in [1.82, 2.24) is 4.98 Å². The Bertz CT molecular complexity index is 1770. The minimum Gasteiger partial charge on any atom is -0.465 e. The van der Waals surface area contributed by atoms with E-state index in [2.05, 4.69) is 17.1 Å². The van der Waals surface area contributed by atoms with Crippen molar-refractivity contribution in [3.63, 3.8) is 0 Å². The molecule has 5 nitrogen and oxygen atoms in total. The third-order valence-electron chi connectivity index (χ3n) is 6.68. The summed E-state index contributed by atoms with van der Waals surface area (Å²) < 4.78 is 28.4. The van der Waals surface area contributed by atoms with Crippen LogP contribution in [0.2, 0.25) is 5.02 Å². The number of benzene rings is 4. The first kappa shape index (κ1) is 25.8. The number of rotatable bonds is 6. The quantitative estimate of drug-likeness (QED) is 0.229. The fourth-order valence-corrected chi connectivity index (χ4v) is 5.50. The van der Waals surface area contributed by atoms with Crippen molar-refractivity contribution >= 4 is 38.3 Å². The number of carbonyl (C=O) groups is 1. The van der Waals surface area contributed by atoms with Crippen molar-refractivity contribution in [3.05, 3.63) is 112 Å². The number of carbonyl (C=O) groups excluding carboxylic acids is 1. The van der Waals surface area contributed by atoms with Gasteiger partial charge in [-0.25, -0.2) is 13.2 Å². The zero-order chi connectivity index (χ0) is 27.0. The molecule has 0 saturated heterocycles. The summed E-state index contributed by atoms with van der Waals surface area (Å²) in [7, 11) is -1.84. The highest BCUT2D eigenvalue weighted by Gasteiger charge is 2.13. The van der Waals surface area contributed by atoms with Crippen LogP contribution in [-0.4, -0.2) is 32.7 Å². The third-order valence-corrected chi connectivity index (χ3v) is 8.12. The molecule has 7 heteroatoms. The van der Waals surface area contributed by atoms with Crippen LogP contribution >= 0.6 is 11.6 Å². The molecule has 0 radical (unpaired) electrons. The molecule has 38 heavy (non-hydrogen) atoms. The maximum absolute atomic E-state index is 12.1. The molecule has 0 atom stereocenters. The van der Waals surface area contributed by atoms with Crippen molar-refractivity contribution in [2.24, 2.45) is 0 Å². The van der Waals surface area contributed by atoms with Gasteiger partial charge in [0, 0.05) is 34.8 Å². The number of H-pyrrole nitrogens is 1. The Hall–Kier alpha value is -3.87. The Morgan fingerprint density at radius 1 is 0.868 bits per heavy atom. The minimum absolute atomic E-state index is 0.301. The summed E-state index contributed by atoms with van der Waals surface area (Å²) in [6, 6.07) is 26.8. The second-order valence-electron chi connectivity index (χ2n) is 9.41. The van der Waals surface area contributed by atoms with E-state index >= 15 is 0 Å². The lowest BCUT2D eigenvalue weighted by Gasteiger charge is -2.08. The largest absolute Gasteiger partial charge is 0.465 e. The first-order chi connectivity index (χ1) is 18.1. The molecule has 5 aromatic rings. The van der Waals surface area contributed by atoms with Gasteiger partial charge >= 0.3 is 5.97 Å². The summed E-state index contributed by atoms with van der Waals surface area (Å²) in [5.41, 5.74) is 8.24. The van der Waals surface area contributed by atoms with Crippen LogP contribution in [0.1, 0.15) is 27.2 Å². The van der Waals surface area contributed by atoms with Crippen LogP contribution in [0.5, 0.6) is 0 Å². The van der Waals surface area contributed by atoms with Gasteiger partial charge in [0.05, 0.1) is 22.6 Å². The molecule has 0 unspecified atom stereocenters. The summed E-state index contributed by atoms with van der Waals surface area (Å²) in [6.07, 6.45) is 1.84. The molecule has 0 aliphatic rings. The predicted molar refractivity (Wildman–Crippen MR) is 153 cm³/mol. The van der Waals surface area contributed by atoms with Gasteiger partial charge in [0.1, 0.15) is 0 Å². The average molecular weight is 544 g/mol. The second-order valence-corrected chi connectivity index (χ2v) is 11.8. The van der Waals surface area contributed by atoms with E-state index in [1.807, 2.05) is 67.6 Å². The molecule has 5 rings (SSSR count). The van der Waals surface area contributed by atoms with Gasteiger partial charge in [0.2, 0.25) is 0 Å². The number of hydrogen-bond donors (Lipinski definition) is 1. The Morgan fingerprint density at radius 3 is 2.13 bits per heavy atom. The molecular formula is C31H26ClNO4S. The van der Waals surface area contributed by atoms with Crippen molar-refractivity contribution in [3.8, 4) is 22.3 Å². The fraction of sp³-hybridized carbons (Fsp3) is 0.129. The molecular weight excluding hydrogens is 518 g/mol. The maximum Gasteiger partial charge on any atom is 0.338 e. The Kier molecular flexibility index (Phi) is 6.86. The number of sulfone groups is 1. The zero-order valence-electron chi connectivity index (χ0n) is 21.2. The van der Waals surface area contributed by atoms with E-state index in [1.165, 1.54) is 13.4 Å². The Balaban J connectivity index is 1.41. The number of halogens is 1. The summed E-state index contributed by atoms with van der Waals surface area (Å²) in [6.45, 7) is 1.89. The first-order valence-electron chi connectivity index (χ1n) is 12.0. The smallest absolute Gasteiger partial charge is 0.338 e. The molecule has 0 bridgehead atoms. The van der Waals surface area contributed by atoms with E-state index in [1.54, 1.807) is 12.1 Å². The van der Waals surface area contributed by atoms with Crippen LogP contribution in [-0.2, 0) is 21.0 Å². The van der Waals surface area contributed by atoms with Gasteiger partial charge in [-0.05, 0) is 71.1 Å². The van der Waals surface area contributed by atoms with Crippen LogP contribution in [0.3, 0.4) is 0 Å². The van der Waals surface area contributed by atoms with Crippen LogP contribution < -0.4 is 0 Å².